The molecule has 4 nitrogen and oxygen atoms in total. The molecule has 3 rings (SSSR count). The molecule has 3 N–H and O–H groups in total. The molecule has 0 atom stereocenters. The number of carbonyl (C=O) groups is 1. The van der Waals surface area contributed by atoms with Crippen LogP contribution in [0, 0.1) is 0 Å². The number of carbonyl (C=O) groups excluding carboxylic acids is 1. The molecule has 0 bridgehead atoms. The van der Waals surface area contributed by atoms with Crippen molar-refractivity contribution in [2.45, 2.75) is 6.54 Å². The van der Waals surface area contributed by atoms with Crippen molar-refractivity contribution >= 4 is 44.1 Å². The first-order valence-corrected chi connectivity index (χ1v) is 7.31. The Kier molecular flexibility index (Phi) is 3.66. The fraction of sp³-hybridized carbons (Fsp3) is 0.0625. The predicted molar refractivity (Wildman–Crippen MR) is 89.1 cm³/mol. The van der Waals surface area contributed by atoms with Crippen molar-refractivity contribution in [1.82, 2.24) is 4.57 Å². The summed E-state index contributed by atoms with van der Waals surface area (Å²) < 4.78 is 2.94. The lowest BCUT2D eigenvalue weighted by Gasteiger charge is -2.08. The zero-order chi connectivity index (χ0) is 14.8. The lowest BCUT2D eigenvalue weighted by molar-refractivity contribution is -0.116. The van der Waals surface area contributed by atoms with Crippen LogP contribution in [-0.4, -0.2) is 10.5 Å². The molecule has 3 aromatic rings. The quantitative estimate of drug-likeness (QED) is 0.713. The molecule has 0 saturated heterocycles. The molecule has 2 aromatic carbocycles. The fourth-order valence-electron chi connectivity index (χ4n) is 2.30. The fourth-order valence-corrected chi connectivity index (χ4v) is 2.78. The molecule has 0 unspecified atom stereocenters. The standard InChI is InChI=1S/C16H14BrN3O/c17-14-5-2-6-15-13(14)7-8-20(15)10-16(21)19-12-4-1-3-11(18)9-12/h1-9H,10,18H2,(H,19,21). The van der Waals surface area contributed by atoms with Crippen LogP contribution in [-0.2, 0) is 11.3 Å². The number of benzene rings is 2. The van der Waals surface area contributed by atoms with Gasteiger partial charge in [-0.2, -0.15) is 0 Å². The van der Waals surface area contributed by atoms with Gasteiger partial charge in [-0.05, 0) is 36.4 Å². The van der Waals surface area contributed by atoms with Crippen LogP contribution < -0.4 is 11.1 Å². The minimum Gasteiger partial charge on any atom is -0.399 e. The number of nitrogens with zero attached hydrogens (tertiary/aromatic N) is 1. The summed E-state index contributed by atoms with van der Waals surface area (Å²) in [6.45, 7) is 0.259. The number of anilines is 2. The van der Waals surface area contributed by atoms with E-state index in [1.807, 2.05) is 47.2 Å². The molecule has 106 valence electrons. The third kappa shape index (κ3) is 2.92. The van der Waals surface area contributed by atoms with Crippen molar-refractivity contribution in [1.29, 1.82) is 0 Å². The normalized spacial score (nSPS) is 10.7. The molecule has 0 spiro atoms. The second kappa shape index (κ2) is 5.61. The smallest absolute Gasteiger partial charge is 0.244 e. The molecule has 0 aliphatic rings. The van der Waals surface area contributed by atoms with Crippen molar-refractivity contribution < 1.29 is 4.79 Å². The van der Waals surface area contributed by atoms with E-state index in [1.54, 1.807) is 12.1 Å². The molecular weight excluding hydrogens is 330 g/mol. The molecule has 1 amide bonds. The molecule has 0 aliphatic carbocycles. The number of nitrogens with two attached hydrogens (primary N) is 1. The number of aromatic nitrogens is 1. The molecule has 0 fully saturated rings. The Labute approximate surface area is 130 Å². The van der Waals surface area contributed by atoms with Gasteiger partial charge in [0.25, 0.3) is 0 Å². The van der Waals surface area contributed by atoms with E-state index in [9.17, 15) is 4.79 Å². The van der Waals surface area contributed by atoms with Crippen LogP contribution in [0.2, 0.25) is 0 Å². The van der Waals surface area contributed by atoms with Crippen LogP contribution in [0.5, 0.6) is 0 Å². The number of hydrogen-bond donors (Lipinski definition) is 2. The van der Waals surface area contributed by atoms with Crippen LogP contribution >= 0.6 is 15.9 Å². The second-order valence-corrected chi connectivity index (χ2v) is 5.64. The van der Waals surface area contributed by atoms with E-state index in [-0.39, 0.29) is 12.5 Å². The number of nitrogens with one attached hydrogen (secondary N) is 1. The van der Waals surface area contributed by atoms with E-state index in [0.717, 1.165) is 15.4 Å². The Morgan fingerprint density at radius 1 is 1.19 bits per heavy atom. The highest BCUT2D eigenvalue weighted by Crippen LogP contribution is 2.24. The first kappa shape index (κ1) is 13.7. The van der Waals surface area contributed by atoms with E-state index in [1.165, 1.54) is 0 Å². The van der Waals surface area contributed by atoms with Gasteiger partial charge in [0.05, 0.1) is 0 Å². The first-order valence-electron chi connectivity index (χ1n) is 6.52. The maximum Gasteiger partial charge on any atom is 0.244 e. The third-order valence-electron chi connectivity index (χ3n) is 3.24. The van der Waals surface area contributed by atoms with E-state index in [0.29, 0.717) is 11.4 Å². The Hall–Kier alpha value is -2.27. The maximum absolute atomic E-state index is 12.1. The summed E-state index contributed by atoms with van der Waals surface area (Å²) >= 11 is 3.51. The number of nitrogen functional groups attached to an aromatic ring is 1. The van der Waals surface area contributed by atoms with Crippen molar-refractivity contribution in [3.63, 3.8) is 0 Å². The zero-order valence-electron chi connectivity index (χ0n) is 11.2. The van der Waals surface area contributed by atoms with Gasteiger partial charge in [0.15, 0.2) is 0 Å². The number of fused-ring (bicyclic) bond motifs is 1. The van der Waals surface area contributed by atoms with Crippen LogP contribution in [0.3, 0.4) is 0 Å². The first-order chi connectivity index (χ1) is 10.1. The summed E-state index contributed by atoms with van der Waals surface area (Å²) in [4.78, 5) is 12.1. The molecule has 0 aliphatic heterocycles. The average Bonchev–Trinajstić information content (AvgIpc) is 2.83. The number of amides is 1. The monoisotopic (exact) mass is 343 g/mol. The Bertz CT molecular complexity index is 810. The van der Waals surface area contributed by atoms with Crippen molar-refractivity contribution in [2.24, 2.45) is 0 Å². The summed E-state index contributed by atoms with van der Waals surface area (Å²) in [5.74, 6) is -0.0851. The van der Waals surface area contributed by atoms with Gasteiger partial charge in [0.2, 0.25) is 5.91 Å². The van der Waals surface area contributed by atoms with Gasteiger partial charge >= 0.3 is 0 Å². The second-order valence-electron chi connectivity index (χ2n) is 4.79. The van der Waals surface area contributed by atoms with Gasteiger partial charge in [-0.3, -0.25) is 4.79 Å². The lowest BCUT2D eigenvalue weighted by Crippen LogP contribution is -2.18. The van der Waals surface area contributed by atoms with E-state index in [2.05, 4.69) is 21.2 Å². The Balaban J connectivity index is 1.79. The van der Waals surface area contributed by atoms with E-state index in [4.69, 9.17) is 5.73 Å². The highest BCUT2D eigenvalue weighted by molar-refractivity contribution is 9.10. The number of rotatable bonds is 3. The van der Waals surface area contributed by atoms with Crippen LogP contribution in [0.15, 0.2) is 59.2 Å². The average molecular weight is 344 g/mol. The summed E-state index contributed by atoms with van der Waals surface area (Å²) in [7, 11) is 0. The van der Waals surface area contributed by atoms with Crippen LogP contribution in [0.25, 0.3) is 10.9 Å². The summed E-state index contributed by atoms with van der Waals surface area (Å²) in [5, 5.41) is 3.94. The van der Waals surface area contributed by atoms with Crippen LogP contribution in [0.1, 0.15) is 0 Å². The van der Waals surface area contributed by atoms with E-state index >= 15 is 0 Å². The Morgan fingerprint density at radius 3 is 2.81 bits per heavy atom. The van der Waals surface area contributed by atoms with Crippen molar-refractivity contribution in [3.8, 4) is 0 Å². The molecule has 0 radical (unpaired) electrons. The zero-order valence-corrected chi connectivity index (χ0v) is 12.8. The third-order valence-corrected chi connectivity index (χ3v) is 3.94. The number of halogens is 1. The van der Waals surface area contributed by atoms with E-state index < -0.39 is 0 Å². The predicted octanol–water partition coefficient (Wildman–Crippen LogP) is 3.62. The van der Waals surface area contributed by atoms with Crippen molar-refractivity contribution in [3.05, 3.63) is 59.2 Å². The van der Waals surface area contributed by atoms with Crippen LogP contribution in [0.4, 0.5) is 11.4 Å². The van der Waals surface area contributed by atoms with Gasteiger partial charge < -0.3 is 15.6 Å². The molecule has 21 heavy (non-hydrogen) atoms. The van der Waals surface area contributed by atoms with Gasteiger partial charge in [-0.1, -0.05) is 28.1 Å². The molecule has 5 heteroatoms. The highest BCUT2D eigenvalue weighted by Gasteiger charge is 2.08. The van der Waals surface area contributed by atoms with Crippen molar-refractivity contribution in [2.75, 3.05) is 11.1 Å². The molecule has 0 saturated carbocycles. The number of hydrogen-bond acceptors (Lipinski definition) is 2. The van der Waals surface area contributed by atoms with Gasteiger partial charge in [0, 0.05) is 32.9 Å². The summed E-state index contributed by atoms with van der Waals surface area (Å²) in [6.07, 6.45) is 1.91. The largest absolute Gasteiger partial charge is 0.399 e. The highest BCUT2D eigenvalue weighted by atomic mass is 79.9. The summed E-state index contributed by atoms with van der Waals surface area (Å²) in [6, 6.07) is 15.1. The molecular formula is C16H14BrN3O. The van der Waals surface area contributed by atoms with Gasteiger partial charge in [0.1, 0.15) is 6.54 Å². The minimum atomic E-state index is -0.0851. The SMILES string of the molecule is Nc1cccc(NC(=O)Cn2ccc3c(Br)cccc32)c1. The van der Waals surface area contributed by atoms with Gasteiger partial charge in [-0.15, -0.1) is 0 Å². The molecule has 1 aromatic heterocycles. The van der Waals surface area contributed by atoms with Gasteiger partial charge in [-0.25, -0.2) is 0 Å². The molecule has 1 heterocycles. The Morgan fingerprint density at radius 2 is 2.00 bits per heavy atom. The minimum absolute atomic E-state index is 0.0851. The topological polar surface area (TPSA) is 60.0 Å². The summed E-state index contributed by atoms with van der Waals surface area (Å²) in [5.41, 5.74) is 8.05. The lowest BCUT2D eigenvalue weighted by atomic mass is 10.2. The maximum atomic E-state index is 12.1.